The first-order valence-corrected chi connectivity index (χ1v) is 45.2. The molecule has 0 spiro atoms. The van der Waals surface area contributed by atoms with Crippen molar-refractivity contribution >= 4 is 45.9 Å². The summed E-state index contributed by atoms with van der Waals surface area (Å²) in [5.74, 6) is 1.65. The molecule has 3 atom stereocenters. The van der Waals surface area contributed by atoms with Crippen molar-refractivity contribution in [2.45, 2.75) is 132 Å². The van der Waals surface area contributed by atoms with E-state index in [9.17, 15) is 68.3 Å². The van der Waals surface area contributed by atoms with Crippen LogP contribution in [-0.4, -0.2) is 256 Å². The average molecular weight is 1900 g/mol. The van der Waals surface area contributed by atoms with Gasteiger partial charge in [0.2, 0.25) is 0 Å². The number of aryl methyl sites for hydroxylation is 5. The lowest BCUT2D eigenvalue weighted by Gasteiger charge is -2.39. The van der Waals surface area contributed by atoms with E-state index in [0.29, 0.717) is 146 Å². The van der Waals surface area contributed by atoms with E-state index in [1.165, 1.54) is 36.0 Å². The highest BCUT2D eigenvalue weighted by atomic mass is 19.4. The topological polar surface area (TPSA) is 291 Å². The molecule has 0 radical (unpaired) electrons. The Labute approximate surface area is 788 Å². The number of pyridine rings is 9. The summed E-state index contributed by atoms with van der Waals surface area (Å²) in [5.41, 5.74) is 17.7. The number of hydrogen-bond acceptors (Lipinski definition) is 20. The fourth-order valence-electron chi connectivity index (χ4n) is 18.8. The molecular weight excluding hydrogens is 1780 g/mol. The Morgan fingerprint density at radius 3 is 0.920 bits per heavy atom. The smallest absolute Gasteiger partial charge is 0.401 e. The second kappa shape index (κ2) is 42.4. The number of rotatable bonds is 26. The van der Waals surface area contributed by atoms with Crippen molar-refractivity contribution in [3.05, 3.63) is 249 Å². The van der Waals surface area contributed by atoms with Gasteiger partial charge in [0.15, 0.2) is 0 Å². The van der Waals surface area contributed by atoms with Gasteiger partial charge in [-0.3, -0.25) is 63.2 Å². The molecule has 0 aliphatic carbocycles. The number of alkyl halides is 9. The Hall–Kier alpha value is -12.9. The lowest BCUT2D eigenvalue weighted by atomic mass is 9.98. The maximum absolute atomic E-state index is 13.9. The van der Waals surface area contributed by atoms with Crippen molar-refractivity contribution < 1.29 is 68.1 Å². The van der Waals surface area contributed by atoms with Crippen molar-refractivity contribution in [1.29, 1.82) is 0 Å². The Kier molecular flexibility index (Phi) is 31.4. The number of carbonyl (C=O) groups is 3. The van der Waals surface area contributed by atoms with Crippen LogP contribution in [0.25, 0.3) is 49.9 Å². The molecule has 0 bridgehead atoms. The van der Waals surface area contributed by atoms with Crippen LogP contribution in [0.2, 0.25) is 0 Å². The largest absolute Gasteiger partial charge is 0.496 e. The number of nitrogens with one attached hydrogen (secondary N) is 6. The Bertz CT molecular complexity index is 6330. The maximum Gasteiger partial charge on any atom is 0.401 e. The van der Waals surface area contributed by atoms with E-state index in [2.05, 4.69) is 73.8 Å². The van der Waals surface area contributed by atoms with E-state index in [-0.39, 0.29) is 72.2 Å². The Balaban J connectivity index is 0.000000174. The number of anilines is 2. The molecule has 38 heteroatoms. The number of methoxy groups -OCH3 is 3. The summed E-state index contributed by atoms with van der Waals surface area (Å²) >= 11 is 0. The predicted molar refractivity (Wildman–Crippen MR) is 510 cm³/mol. The number of amides is 3. The third kappa shape index (κ3) is 23.7. The van der Waals surface area contributed by atoms with Crippen molar-refractivity contribution in [2.75, 3.05) is 157 Å². The molecule has 15 heterocycles. The van der Waals surface area contributed by atoms with Gasteiger partial charge in [-0.15, -0.1) is 0 Å². The van der Waals surface area contributed by atoms with Gasteiger partial charge in [-0.2, -0.15) is 39.5 Å². The molecule has 29 nitrogen and oxygen atoms in total. The molecule has 15 rings (SSSR count). The van der Waals surface area contributed by atoms with Crippen LogP contribution in [0.3, 0.4) is 0 Å². The van der Waals surface area contributed by atoms with E-state index in [4.69, 9.17) is 14.2 Å². The molecule has 3 amide bonds. The molecule has 0 saturated carbocycles. The van der Waals surface area contributed by atoms with Gasteiger partial charge in [-0.25, -0.2) is 9.97 Å². The fourth-order valence-corrected chi connectivity index (χ4v) is 18.8. The molecule has 12 aromatic heterocycles. The van der Waals surface area contributed by atoms with Crippen LogP contribution in [0.5, 0.6) is 17.2 Å². The van der Waals surface area contributed by atoms with Crippen LogP contribution in [-0.2, 0) is 19.6 Å². The summed E-state index contributed by atoms with van der Waals surface area (Å²) < 4.78 is 140. The van der Waals surface area contributed by atoms with E-state index in [0.717, 1.165) is 107 Å². The zero-order valence-corrected chi connectivity index (χ0v) is 80.3. The van der Waals surface area contributed by atoms with Gasteiger partial charge in [-0.05, 0) is 201 Å². The molecule has 3 aliphatic heterocycles. The number of piperazine rings is 3. The maximum atomic E-state index is 13.9. The van der Waals surface area contributed by atoms with Gasteiger partial charge in [-0.1, -0.05) is 0 Å². The lowest BCUT2D eigenvalue weighted by Crippen LogP contribution is -2.49. The van der Waals surface area contributed by atoms with Crippen LogP contribution in [0.4, 0.5) is 51.1 Å². The molecule has 3 fully saturated rings. The quantitative estimate of drug-likeness (QED) is 0.0275. The third-order valence-electron chi connectivity index (χ3n) is 25.8. The molecule has 137 heavy (non-hydrogen) atoms. The van der Waals surface area contributed by atoms with Crippen LogP contribution in [0.15, 0.2) is 136 Å². The molecular formula is C99H119F9N20O9. The molecule has 0 aromatic carbocycles. The number of aromatic nitrogens is 9. The summed E-state index contributed by atoms with van der Waals surface area (Å²) in [6.07, 6.45) is -3.32. The van der Waals surface area contributed by atoms with Crippen molar-refractivity contribution in [3.63, 3.8) is 0 Å². The minimum atomic E-state index is -4.24. The van der Waals surface area contributed by atoms with Gasteiger partial charge in [0, 0.05) is 235 Å². The van der Waals surface area contributed by atoms with Crippen LogP contribution in [0.1, 0.15) is 149 Å². The summed E-state index contributed by atoms with van der Waals surface area (Å²) in [6.45, 7) is 22.5. The zero-order valence-electron chi connectivity index (χ0n) is 80.3. The van der Waals surface area contributed by atoms with Gasteiger partial charge < -0.3 is 68.1 Å². The SMILES string of the molecule is COc1cc(C)[nH]c(=O)c1CNC(=O)c1cc2c(-c3cc(C)nc(C)c3)ccn2c(C(C)N2CCN(CC(F)(F)F)CC2)c1C.COc1cc(C)[nH]c(=O)c1CNC(=O)c1cc2c(-c3ccnc(N(C)C)c3)ccn2c([C@@H](C)N2CCN(CC(F)(F)F)CC2)c1C.COc1cc(C)[nH]c(=O)c1CNC(=O)c1cc2c(-c3ccnc(N(C)C)c3)ccn2c([C@H](C)N2CCN(CC(F)(F)F)CC2)c1C. The second-order valence-electron chi connectivity index (χ2n) is 35.7. The second-order valence-corrected chi connectivity index (χ2v) is 35.7. The highest BCUT2D eigenvalue weighted by Gasteiger charge is 2.39. The average Bonchev–Trinajstić information content (AvgIpc) is 1.63. The van der Waals surface area contributed by atoms with Crippen LogP contribution < -0.4 is 56.6 Å². The predicted octanol–water partition coefficient (Wildman–Crippen LogP) is 14.2. The van der Waals surface area contributed by atoms with E-state index in [1.54, 1.807) is 51.4 Å². The van der Waals surface area contributed by atoms with Gasteiger partial charge in [0.25, 0.3) is 34.4 Å². The summed E-state index contributed by atoms with van der Waals surface area (Å²) in [5, 5.41) is 8.74. The standard InChI is InChI=1S/2C33H40F3N7O3.C33H39F3N6O3/c2*1-20-15-28(46-6)26(32(45)39-20)18-38-31(44)25-17-27-24(23-7-9-37-29(16-23)40(4)5)8-10-43(27)30(21(25)2)22(3)42-13-11-41(12-14-42)19-33(34,35)36;1-19-13-24(14-20(2)38-19)25-7-8-42-28(25)16-26(31(43)37-17-27-29(45-6)15-21(3)39-32(27)44)22(4)30(42)23(5)41-11-9-40(10-12-41)18-33(34,35)36/h2*7-10,15-17,22H,11-14,18-19H2,1-6H3,(H,38,44)(H,39,45);7-8,13-16,23H,9-12,17-18H2,1-6H3,(H,37,43)(H,39,44)/t2*22-;/m10./s1. The molecule has 6 N–H and O–H groups in total. The number of fused-ring (bicyclic) bond motifs is 3. The van der Waals surface area contributed by atoms with Gasteiger partial charge in [0.1, 0.15) is 28.9 Å². The third-order valence-corrected chi connectivity index (χ3v) is 25.8. The normalized spacial score (nSPS) is 15.3. The van der Waals surface area contributed by atoms with Gasteiger partial charge >= 0.3 is 18.5 Å². The van der Waals surface area contributed by atoms with Crippen molar-refractivity contribution in [3.8, 4) is 50.6 Å². The first kappa shape index (κ1) is 102. The summed E-state index contributed by atoms with van der Waals surface area (Å²) in [7, 11) is 12.1. The highest BCUT2D eigenvalue weighted by Crippen LogP contribution is 2.41. The van der Waals surface area contributed by atoms with E-state index in [1.807, 2.05) is 185 Å². The Morgan fingerprint density at radius 2 is 0.664 bits per heavy atom. The summed E-state index contributed by atoms with van der Waals surface area (Å²) in [4.78, 5) is 116. The minimum absolute atomic E-state index is 0.0368. The lowest BCUT2D eigenvalue weighted by molar-refractivity contribution is -0.150. The first-order valence-electron chi connectivity index (χ1n) is 45.2. The molecule has 3 saturated heterocycles. The number of ether oxygens (including phenoxy) is 3. The Morgan fingerprint density at radius 1 is 0.394 bits per heavy atom. The number of carbonyl (C=O) groups excluding carboxylic acids is 3. The number of H-pyrrole nitrogens is 3. The van der Waals surface area contributed by atoms with Crippen LogP contribution >= 0.6 is 0 Å². The minimum Gasteiger partial charge on any atom is -0.496 e. The monoisotopic (exact) mass is 1900 g/mol. The number of aromatic amines is 3. The zero-order chi connectivity index (χ0) is 99.3. The highest BCUT2D eigenvalue weighted by molar-refractivity contribution is 6.01. The summed E-state index contributed by atoms with van der Waals surface area (Å²) in [6, 6.07) is 27.9. The van der Waals surface area contributed by atoms with Crippen molar-refractivity contribution in [2.24, 2.45) is 0 Å². The molecule has 732 valence electrons. The number of halogens is 9. The number of nitrogens with zero attached hydrogens (tertiary/aromatic N) is 14. The van der Waals surface area contributed by atoms with Gasteiger partial charge in [0.05, 0.1) is 93.8 Å². The molecule has 3 aliphatic rings. The first-order chi connectivity index (χ1) is 64.8. The van der Waals surface area contributed by atoms with Crippen molar-refractivity contribution in [1.82, 2.24) is 88.5 Å². The number of hydrogen-bond donors (Lipinski definition) is 6. The van der Waals surface area contributed by atoms with E-state index < -0.39 is 38.2 Å². The molecule has 1 unspecified atom stereocenters. The molecule has 12 aromatic rings. The van der Waals surface area contributed by atoms with Crippen LogP contribution in [0, 0.1) is 55.4 Å². The van der Waals surface area contributed by atoms with E-state index >= 15 is 0 Å². The fraction of sp³-hybridized carbons (Fsp3) is 0.424.